The van der Waals surface area contributed by atoms with E-state index in [1.807, 2.05) is 0 Å². The number of hydrogen-bond acceptors (Lipinski definition) is 2. The van der Waals surface area contributed by atoms with Gasteiger partial charge in [0.25, 0.3) is 0 Å². The first-order valence-corrected chi connectivity index (χ1v) is 7.38. The molecule has 1 aromatic rings. The van der Waals surface area contributed by atoms with Crippen molar-refractivity contribution in [3.05, 3.63) is 39.9 Å². The van der Waals surface area contributed by atoms with Gasteiger partial charge in [-0.15, -0.1) is 0 Å². The molecule has 0 unspecified atom stereocenters. The van der Waals surface area contributed by atoms with Crippen LogP contribution in [0, 0.1) is 5.92 Å². The van der Waals surface area contributed by atoms with E-state index in [0.29, 0.717) is 34.6 Å². The number of benzene rings is 1. The number of carbonyl (C=O) groups is 1. The van der Waals surface area contributed by atoms with E-state index in [2.05, 4.69) is 0 Å². The maximum absolute atomic E-state index is 12.0. The van der Waals surface area contributed by atoms with Crippen LogP contribution in [0.2, 0.25) is 10.0 Å². The molecule has 2 aliphatic rings. The van der Waals surface area contributed by atoms with E-state index in [1.165, 1.54) is 6.08 Å². The fraction of sp³-hybridized carbons (Fsp3) is 0.400. The molecule has 1 aromatic carbocycles. The third kappa shape index (κ3) is 2.71. The Morgan fingerprint density at radius 3 is 2.70 bits per heavy atom. The van der Waals surface area contributed by atoms with Crippen LogP contribution in [0.1, 0.15) is 18.4 Å². The van der Waals surface area contributed by atoms with Gasteiger partial charge in [0.2, 0.25) is 5.91 Å². The number of hydrogen-bond donors (Lipinski definition) is 1. The molecule has 1 N–H and O–H groups in total. The number of halogens is 2. The molecule has 2 fully saturated rings. The summed E-state index contributed by atoms with van der Waals surface area (Å²) in [6.45, 7) is 0.869. The standard InChI is InChI=1S/C15H15Cl2NO2/c16-12-4-5-13(17)10(7-12)1-6-14(19)18-8-15(20,9-18)11-2-3-11/h1,4-7,11,20H,2-3,8-9H2. The third-order valence-corrected chi connectivity index (χ3v) is 4.52. The largest absolute Gasteiger partial charge is 0.386 e. The second-order valence-corrected chi connectivity index (χ2v) is 6.41. The predicted molar refractivity (Wildman–Crippen MR) is 79.7 cm³/mol. The Labute approximate surface area is 127 Å². The van der Waals surface area contributed by atoms with Crippen LogP contribution >= 0.6 is 23.2 Å². The van der Waals surface area contributed by atoms with Crippen LogP contribution in [0.5, 0.6) is 0 Å². The molecule has 0 atom stereocenters. The van der Waals surface area contributed by atoms with Gasteiger partial charge in [-0.2, -0.15) is 0 Å². The first kappa shape index (κ1) is 13.9. The normalized spacial score (nSPS) is 21.1. The minimum Gasteiger partial charge on any atom is -0.386 e. The van der Waals surface area contributed by atoms with Crippen molar-refractivity contribution in [2.24, 2.45) is 5.92 Å². The predicted octanol–water partition coefficient (Wildman–Crippen LogP) is 2.99. The summed E-state index contributed by atoms with van der Waals surface area (Å²) in [5.74, 6) is 0.282. The van der Waals surface area contributed by atoms with E-state index in [9.17, 15) is 9.90 Å². The highest BCUT2D eigenvalue weighted by Crippen LogP contribution is 2.44. The van der Waals surface area contributed by atoms with Gasteiger partial charge in [-0.25, -0.2) is 0 Å². The van der Waals surface area contributed by atoms with Gasteiger partial charge < -0.3 is 10.0 Å². The monoisotopic (exact) mass is 311 g/mol. The summed E-state index contributed by atoms with van der Waals surface area (Å²) in [6.07, 6.45) is 5.29. The highest BCUT2D eigenvalue weighted by molar-refractivity contribution is 6.34. The number of amides is 1. The second kappa shape index (κ2) is 5.06. The molecule has 1 saturated heterocycles. The maximum atomic E-state index is 12.0. The van der Waals surface area contributed by atoms with Gasteiger partial charge in [-0.3, -0.25) is 4.79 Å². The quantitative estimate of drug-likeness (QED) is 0.872. The highest BCUT2D eigenvalue weighted by atomic mass is 35.5. The van der Waals surface area contributed by atoms with Crippen molar-refractivity contribution < 1.29 is 9.90 Å². The van der Waals surface area contributed by atoms with Crippen molar-refractivity contribution in [2.75, 3.05) is 13.1 Å². The molecule has 1 aliphatic heterocycles. The Bertz CT molecular complexity index is 575. The molecule has 1 aliphatic carbocycles. The van der Waals surface area contributed by atoms with E-state index >= 15 is 0 Å². The number of aliphatic hydroxyl groups is 1. The molecule has 0 aromatic heterocycles. The highest BCUT2D eigenvalue weighted by Gasteiger charge is 2.52. The lowest BCUT2D eigenvalue weighted by molar-refractivity contribution is -0.154. The van der Waals surface area contributed by atoms with Gasteiger partial charge in [0.05, 0.1) is 13.1 Å². The molecule has 106 valence electrons. The second-order valence-electron chi connectivity index (χ2n) is 5.57. The maximum Gasteiger partial charge on any atom is 0.246 e. The lowest BCUT2D eigenvalue weighted by atomic mass is 9.88. The van der Waals surface area contributed by atoms with Crippen LogP contribution in [-0.2, 0) is 4.79 Å². The Balaban J connectivity index is 1.62. The van der Waals surface area contributed by atoms with Gasteiger partial charge in [0.1, 0.15) is 5.60 Å². The van der Waals surface area contributed by atoms with Crippen molar-refractivity contribution >= 4 is 35.2 Å². The summed E-state index contributed by atoms with van der Waals surface area (Å²) in [4.78, 5) is 13.6. The number of β-amino-alcohol motifs (C(OH)–C–C–N with tert-alkyl or cyclic N) is 1. The molecule has 1 amide bonds. The Hall–Kier alpha value is -1.03. The van der Waals surface area contributed by atoms with E-state index in [1.54, 1.807) is 29.2 Å². The molecule has 3 nitrogen and oxygen atoms in total. The van der Waals surface area contributed by atoms with Gasteiger partial charge >= 0.3 is 0 Å². The first-order chi connectivity index (χ1) is 9.48. The molecule has 1 heterocycles. The topological polar surface area (TPSA) is 40.5 Å². The van der Waals surface area contributed by atoms with Crippen molar-refractivity contribution in [1.82, 2.24) is 4.90 Å². The Morgan fingerprint density at radius 2 is 2.05 bits per heavy atom. The third-order valence-electron chi connectivity index (χ3n) is 3.94. The molecule has 0 radical (unpaired) electrons. The van der Waals surface area contributed by atoms with Crippen LogP contribution in [0.4, 0.5) is 0 Å². The molecule has 0 spiro atoms. The van der Waals surface area contributed by atoms with E-state index in [4.69, 9.17) is 23.2 Å². The average molecular weight is 312 g/mol. The molecule has 20 heavy (non-hydrogen) atoms. The lowest BCUT2D eigenvalue weighted by Gasteiger charge is -2.46. The Morgan fingerprint density at radius 1 is 1.35 bits per heavy atom. The van der Waals surface area contributed by atoms with Crippen LogP contribution in [0.15, 0.2) is 24.3 Å². The van der Waals surface area contributed by atoms with Crippen LogP contribution in [0.3, 0.4) is 0 Å². The van der Waals surface area contributed by atoms with Crippen LogP contribution in [-0.4, -0.2) is 34.6 Å². The van der Waals surface area contributed by atoms with Crippen molar-refractivity contribution in [3.8, 4) is 0 Å². The summed E-state index contributed by atoms with van der Waals surface area (Å²) < 4.78 is 0. The minimum atomic E-state index is -0.642. The molecular weight excluding hydrogens is 297 g/mol. The lowest BCUT2D eigenvalue weighted by Crippen LogP contribution is -2.64. The fourth-order valence-corrected chi connectivity index (χ4v) is 2.92. The van der Waals surface area contributed by atoms with Gasteiger partial charge in [0, 0.05) is 16.1 Å². The van der Waals surface area contributed by atoms with Gasteiger partial charge in [0.15, 0.2) is 0 Å². The van der Waals surface area contributed by atoms with Crippen LogP contribution < -0.4 is 0 Å². The number of nitrogens with zero attached hydrogens (tertiary/aromatic N) is 1. The molecule has 5 heteroatoms. The SMILES string of the molecule is O=C(C=Cc1cc(Cl)ccc1Cl)N1CC(O)(C2CC2)C1. The van der Waals surface area contributed by atoms with Crippen molar-refractivity contribution in [1.29, 1.82) is 0 Å². The number of rotatable bonds is 3. The summed E-state index contributed by atoms with van der Waals surface area (Å²) in [6, 6.07) is 5.11. The number of carbonyl (C=O) groups excluding carboxylic acids is 1. The van der Waals surface area contributed by atoms with E-state index < -0.39 is 5.60 Å². The zero-order chi connectivity index (χ0) is 14.3. The van der Waals surface area contributed by atoms with Gasteiger partial charge in [-0.05, 0) is 48.6 Å². The summed E-state index contributed by atoms with van der Waals surface area (Å²) in [7, 11) is 0. The van der Waals surface area contributed by atoms with Gasteiger partial charge in [-0.1, -0.05) is 23.2 Å². The molecular formula is C15H15Cl2NO2. The molecule has 3 rings (SSSR count). The summed E-state index contributed by atoms with van der Waals surface area (Å²) in [5.41, 5.74) is 0.0718. The fourth-order valence-electron chi connectivity index (χ4n) is 2.56. The van der Waals surface area contributed by atoms with Crippen molar-refractivity contribution in [2.45, 2.75) is 18.4 Å². The Kier molecular flexibility index (Phi) is 3.53. The van der Waals surface area contributed by atoms with E-state index in [0.717, 1.165) is 12.8 Å². The summed E-state index contributed by atoms with van der Waals surface area (Å²) in [5, 5.41) is 11.3. The first-order valence-electron chi connectivity index (χ1n) is 6.62. The minimum absolute atomic E-state index is 0.105. The van der Waals surface area contributed by atoms with Crippen molar-refractivity contribution in [3.63, 3.8) is 0 Å². The average Bonchev–Trinajstić information content (AvgIpc) is 3.20. The molecule has 0 bridgehead atoms. The van der Waals surface area contributed by atoms with E-state index in [-0.39, 0.29) is 5.91 Å². The zero-order valence-corrected chi connectivity index (χ0v) is 12.4. The molecule has 1 saturated carbocycles. The van der Waals surface area contributed by atoms with Crippen LogP contribution in [0.25, 0.3) is 6.08 Å². The smallest absolute Gasteiger partial charge is 0.246 e. The zero-order valence-electron chi connectivity index (χ0n) is 10.9. The number of likely N-dealkylation sites (tertiary alicyclic amines) is 1. The summed E-state index contributed by atoms with van der Waals surface area (Å²) >= 11 is 11.9.